The second-order valence-corrected chi connectivity index (χ2v) is 6.68. The molecule has 0 spiro atoms. The van der Waals surface area contributed by atoms with Gasteiger partial charge in [-0.2, -0.15) is 0 Å². The van der Waals surface area contributed by atoms with Crippen molar-refractivity contribution in [1.82, 2.24) is 14.9 Å². The highest BCUT2D eigenvalue weighted by atomic mass is 79.9. The lowest BCUT2D eigenvalue weighted by molar-refractivity contribution is 0.310. The molecule has 21 heavy (non-hydrogen) atoms. The Morgan fingerprint density at radius 2 is 2.00 bits per heavy atom. The fourth-order valence-electron chi connectivity index (χ4n) is 2.21. The monoisotopic (exact) mass is 362 g/mol. The van der Waals surface area contributed by atoms with Gasteiger partial charge in [0.2, 0.25) is 0 Å². The van der Waals surface area contributed by atoms with E-state index in [9.17, 15) is 0 Å². The first kappa shape index (κ1) is 14.4. The van der Waals surface area contributed by atoms with Crippen molar-refractivity contribution in [1.29, 1.82) is 0 Å². The third-order valence-electron chi connectivity index (χ3n) is 3.21. The SMILES string of the molecule is CN(Cc1nc(N)c2ccsc2n1)Cc1ccccc1Br. The van der Waals surface area contributed by atoms with Crippen molar-refractivity contribution in [2.75, 3.05) is 12.8 Å². The molecule has 2 heterocycles. The number of rotatable bonds is 4. The third-order valence-corrected chi connectivity index (χ3v) is 4.79. The molecule has 0 fully saturated rings. The van der Waals surface area contributed by atoms with Crippen LogP contribution in [0.4, 0.5) is 5.82 Å². The predicted octanol–water partition coefficient (Wildman–Crippen LogP) is 3.67. The molecule has 1 aromatic carbocycles. The van der Waals surface area contributed by atoms with Gasteiger partial charge in [0.25, 0.3) is 0 Å². The largest absolute Gasteiger partial charge is 0.383 e. The number of fused-ring (bicyclic) bond motifs is 1. The van der Waals surface area contributed by atoms with E-state index in [1.54, 1.807) is 11.3 Å². The van der Waals surface area contributed by atoms with Crippen LogP contribution in [-0.4, -0.2) is 21.9 Å². The van der Waals surface area contributed by atoms with Crippen molar-refractivity contribution in [2.45, 2.75) is 13.1 Å². The number of aromatic nitrogens is 2. The topological polar surface area (TPSA) is 55.0 Å². The summed E-state index contributed by atoms with van der Waals surface area (Å²) in [5.74, 6) is 1.32. The number of benzene rings is 1. The Labute approximate surface area is 135 Å². The van der Waals surface area contributed by atoms with Crippen molar-refractivity contribution in [3.63, 3.8) is 0 Å². The highest BCUT2D eigenvalue weighted by Gasteiger charge is 2.10. The first-order valence-corrected chi connectivity index (χ1v) is 8.22. The van der Waals surface area contributed by atoms with Gasteiger partial charge in [-0.25, -0.2) is 9.97 Å². The zero-order valence-corrected chi connectivity index (χ0v) is 14.0. The highest BCUT2D eigenvalue weighted by Crippen LogP contribution is 2.23. The first-order valence-electron chi connectivity index (χ1n) is 6.55. The van der Waals surface area contributed by atoms with Crippen LogP contribution in [0.2, 0.25) is 0 Å². The molecule has 2 aromatic heterocycles. The average Bonchev–Trinajstić information content (AvgIpc) is 2.90. The molecule has 0 aliphatic carbocycles. The molecule has 0 atom stereocenters. The number of anilines is 1. The molecule has 0 saturated heterocycles. The van der Waals surface area contributed by atoms with Gasteiger partial charge in [-0.05, 0) is 30.1 Å². The van der Waals surface area contributed by atoms with E-state index in [0.717, 1.165) is 27.1 Å². The number of hydrogen-bond donors (Lipinski definition) is 1. The number of thiophene rings is 1. The van der Waals surface area contributed by atoms with Gasteiger partial charge in [0.15, 0.2) is 0 Å². The molecular formula is C15H15BrN4S. The molecule has 0 radical (unpaired) electrons. The molecule has 2 N–H and O–H groups in total. The Hall–Kier alpha value is -1.50. The van der Waals surface area contributed by atoms with Gasteiger partial charge < -0.3 is 5.73 Å². The zero-order chi connectivity index (χ0) is 14.8. The maximum absolute atomic E-state index is 5.98. The summed E-state index contributed by atoms with van der Waals surface area (Å²) in [6.07, 6.45) is 0. The van der Waals surface area contributed by atoms with Crippen LogP contribution in [0.25, 0.3) is 10.2 Å². The fourth-order valence-corrected chi connectivity index (χ4v) is 3.41. The quantitative estimate of drug-likeness (QED) is 0.769. The second kappa shape index (κ2) is 6.09. The van der Waals surface area contributed by atoms with Gasteiger partial charge in [-0.15, -0.1) is 11.3 Å². The van der Waals surface area contributed by atoms with E-state index in [-0.39, 0.29) is 0 Å². The first-order chi connectivity index (χ1) is 10.1. The number of hydrogen-bond acceptors (Lipinski definition) is 5. The van der Waals surface area contributed by atoms with E-state index in [1.165, 1.54) is 5.56 Å². The van der Waals surface area contributed by atoms with Crippen LogP contribution in [0, 0.1) is 0 Å². The molecule has 0 unspecified atom stereocenters. The Morgan fingerprint density at radius 3 is 2.81 bits per heavy atom. The maximum Gasteiger partial charge on any atom is 0.146 e. The van der Waals surface area contributed by atoms with Gasteiger partial charge in [0, 0.05) is 11.0 Å². The number of nitrogen functional groups attached to an aromatic ring is 1. The summed E-state index contributed by atoms with van der Waals surface area (Å²) < 4.78 is 1.12. The summed E-state index contributed by atoms with van der Waals surface area (Å²) in [7, 11) is 2.05. The summed E-state index contributed by atoms with van der Waals surface area (Å²) >= 11 is 5.16. The van der Waals surface area contributed by atoms with Gasteiger partial charge >= 0.3 is 0 Å². The molecular weight excluding hydrogens is 348 g/mol. The van der Waals surface area contributed by atoms with Crippen molar-refractivity contribution >= 4 is 43.3 Å². The smallest absolute Gasteiger partial charge is 0.146 e. The Bertz CT molecular complexity index is 771. The molecule has 0 aliphatic heterocycles. The van der Waals surface area contributed by atoms with Gasteiger partial charge in [-0.3, -0.25) is 4.90 Å². The number of halogens is 1. The highest BCUT2D eigenvalue weighted by molar-refractivity contribution is 9.10. The minimum absolute atomic E-state index is 0.561. The van der Waals surface area contributed by atoms with Crippen LogP contribution in [0.3, 0.4) is 0 Å². The van der Waals surface area contributed by atoms with Crippen LogP contribution in [0.5, 0.6) is 0 Å². The van der Waals surface area contributed by atoms with Crippen molar-refractivity contribution in [3.8, 4) is 0 Å². The van der Waals surface area contributed by atoms with E-state index in [1.807, 2.05) is 23.6 Å². The summed E-state index contributed by atoms with van der Waals surface area (Å²) in [6, 6.07) is 10.2. The normalized spacial score (nSPS) is 11.4. The van der Waals surface area contributed by atoms with Crippen LogP contribution < -0.4 is 5.73 Å². The minimum atomic E-state index is 0.561. The average molecular weight is 363 g/mol. The Morgan fingerprint density at radius 1 is 1.19 bits per heavy atom. The standard InChI is InChI=1S/C15H15BrN4S/c1-20(8-10-4-2-3-5-12(10)16)9-13-18-14(17)11-6-7-21-15(11)19-13/h2-7H,8-9H2,1H3,(H2,17,18,19). The molecule has 4 nitrogen and oxygen atoms in total. The summed E-state index contributed by atoms with van der Waals surface area (Å²) in [4.78, 5) is 12.1. The zero-order valence-electron chi connectivity index (χ0n) is 11.6. The molecule has 0 saturated carbocycles. The van der Waals surface area contributed by atoms with E-state index in [4.69, 9.17) is 5.73 Å². The molecule has 108 valence electrons. The molecule has 3 aromatic rings. The molecule has 3 rings (SSSR count). The van der Waals surface area contributed by atoms with E-state index < -0.39 is 0 Å². The van der Waals surface area contributed by atoms with Gasteiger partial charge in [0.05, 0.1) is 11.9 Å². The maximum atomic E-state index is 5.98. The van der Waals surface area contributed by atoms with Gasteiger partial charge in [0.1, 0.15) is 16.5 Å². The third kappa shape index (κ3) is 3.23. The Kier molecular flexibility index (Phi) is 4.19. The van der Waals surface area contributed by atoms with Crippen molar-refractivity contribution < 1.29 is 0 Å². The summed E-state index contributed by atoms with van der Waals surface area (Å²) in [5, 5.41) is 2.93. The number of nitrogens with zero attached hydrogens (tertiary/aromatic N) is 3. The molecule has 0 bridgehead atoms. The number of nitrogens with two attached hydrogens (primary N) is 1. The minimum Gasteiger partial charge on any atom is -0.383 e. The van der Waals surface area contributed by atoms with Crippen LogP contribution in [-0.2, 0) is 13.1 Å². The molecule has 6 heteroatoms. The van der Waals surface area contributed by atoms with Crippen molar-refractivity contribution in [2.24, 2.45) is 0 Å². The lowest BCUT2D eigenvalue weighted by atomic mass is 10.2. The molecule has 0 aliphatic rings. The summed E-state index contributed by atoms with van der Waals surface area (Å²) in [5.41, 5.74) is 7.22. The lowest BCUT2D eigenvalue weighted by Crippen LogP contribution is -2.19. The van der Waals surface area contributed by atoms with E-state index in [0.29, 0.717) is 12.4 Å². The molecule has 0 amide bonds. The lowest BCUT2D eigenvalue weighted by Gasteiger charge is -2.16. The predicted molar refractivity (Wildman–Crippen MR) is 91.1 cm³/mol. The van der Waals surface area contributed by atoms with Crippen LogP contribution in [0.1, 0.15) is 11.4 Å². The fraction of sp³-hybridized carbons (Fsp3) is 0.200. The van der Waals surface area contributed by atoms with Crippen LogP contribution >= 0.6 is 27.3 Å². The van der Waals surface area contributed by atoms with E-state index in [2.05, 4.69) is 50.0 Å². The van der Waals surface area contributed by atoms with E-state index >= 15 is 0 Å². The summed E-state index contributed by atoms with van der Waals surface area (Å²) in [6.45, 7) is 1.49. The second-order valence-electron chi connectivity index (χ2n) is 4.93. The van der Waals surface area contributed by atoms with Crippen LogP contribution in [0.15, 0.2) is 40.2 Å². The Balaban J connectivity index is 1.77. The van der Waals surface area contributed by atoms with Gasteiger partial charge in [-0.1, -0.05) is 34.1 Å². The van der Waals surface area contributed by atoms with Crippen molar-refractivity contribution in [3.05, 3.63) is 51.6 Å².